The number of sulfonamides is 1. The molecule has 0 amide bonds. The molecule has 9 nitrogen and oxygen atoms in total. The van der Waals surface area contributed by atoms with Crippen molar-refractivity contribution in [3.05, 3.63) is 56.5 Å². The molecule has 2 aromatic rings. The van der Waals surface area contributed by atoms with Crippen LogP contribution in [0.4, 0.5) is 11.4 Å². The number of nitrogens with zero attached hydrogens (tertiary/aromatic N) is 2. The van der Waals surface area contributed by atoms with E-state index in [-0.39, 0.29) is 10.6 Å². The van der Waals surface area contributed by atoms with Crippen molar-refractivity contribution in [3.63, 3.8) is 0 Å². The highest BCUT2D eigenvalue weighted by Crippen LogP contribution is 2.27. The maximum Gasteiger partial charge on any atom is 0.295 e. The molecule has 0 aromatic heterocycles. The first-order valence-electron chi connectivity index (χ1n) is 6.66. The lowest BCUT2D eigenvalue weighted by molar-refractivity contribution is -0.384. The molecule has 2 rings (SSSR count). The van der Waals surface area contributed by atoms with Crippen molar-refractivity contribution in [1.29, 1.82) is 0 Å². The zero-order chi connectivity index (χ0) is 18.6. The number of halogens is 1. The van der Waals surface area contributed by atoms with Crippen molar-refractivity contribution < 1.29 is 18.1 Å². The Balaban J connectivity index is 2.32. The average molecular weight is 429 g/mol. The topological polar surface area (TPSA) is 137 Å². The van der Waals surface area contributed by atoms with E-state index in [1.54, 1.807) is 18.2 Å². The lowest BCUT2D eigenvalue weighted by Gasteiger charge is -2.06. The number of hydrogen-bond donors (Lipinski definition) is 2. The summed E-state index contributed by atoms with van der Waals surface area (Å²) in [5, 5.41) is 20.0. The number of nitrogens with two attached hydrogens (primary N) is 1. The highest BCUT2D eigenvalue weighted by Gasteiger charge is 2.18. The summed E-state index contributed by atoms with van der Waals surface area (Å²) in [6.07, 6.45) is 1.42. The van der Waals surface area contributed by atoms with Crippen LogP contribution in [0.2, 0.25) is 0 Å². The van der Waals surface area contributed by atoms with Gasteiger partial charge >= 0.3 is 0 Å². The summed E-state index contributed by atoms with van der Waals surface area (Å²) in [4.78, 5) is 10.0. The van der Waals surface area contributed by atoms with E-state index in [4.69, 9.17) is 9.88 Å². The number of methoxy groups -OCH3 is 1. The van der Waals surface area contributed by atoms with Crippen LogP contribution in [-0.4, -0.2) is 26.7 Å². The van der Waals surface area contributed by atoms with Gasteiger partial charge in [0.1, 0.15) is 11.4 Å². The Morgan fingerprint density at radius 1 is 1.32 bits per heavy atom. The zero-order valence-corrected chi connectivity index (χ0v) is 15.2. The number of hydrogen-bond acceptors (Lipinski definition) is 7. The maximum atomic E-state index is 11.3. The molecule has 2 aromatic carbocycles. The van der Waals surface area contributed by atoms with Gasteiger partial charge in [-0.05, 0) is 30.3 Å². The highest BCUT2D eigenvalue weighted by molar-refractivity contribution is 9.10. The standard InChI is InChI=1S/C14H13BrN4O5S/c1-24-14-5-2-10(15)6-9(14)8-17-18-12-4-3-11(25(16,22)23)7-13(12)19(20)21/h2-8,18H,1H3,(H2,16,22,23)/b17-8-. The number of nitro groups is 1. The number of anilines is 1. The Labute approximate surface area is 151 Å². The van der Waals surface area contributed by atoms with Gasteiger partial charge in [0, 0.05) is 16.1 Å². The van der Waals surface area contributed by atoms with Gasteiger partial charge in [-0.3, -0.25) is 15.5 Å². The molecule has 11 heteroatoms. The highest BCUT2D eigenvalue weighted by atomic mass is 79.9. The van der Waals surface area contributed by atoms with Crippen LogP contribution in [0.3, 0.4) is 0 Å². The Kier molecular flexibility index (Phi) is 5.72. The number of ether oxygens (including phenoxy) is 1. The summed E-state index contributed by atoms with van der Waals surface area (Å²) in [6, 6.07) is 8.51. The van der Waals surface area contributed by atoms with Crippen molar-refractivity contribution in [2.45, 2.75) is 4.90 Å². The minimum absolute atomic E-state index is 0.0163. The minimum atomic E-state index is -4.05. The van der Waals surface area contributed by atoms with Gasteiger partial charge in [0.2, 0.25) is 10.0 Å². The Hall–Kier alpha value is -2.50. The van der Waals surface area contributed by atoms with Crippen molar-refractivity contribution >= 4 is 43.5 Å². The van der Waals surface area contributed by atoms with Crippen LogP contribution in [0.5, 0.6) is 5.75 Å². The van der Waals surface area contributed by atoms with E-state index in [0.717, 1.165) is 16.6 Å². The monoisotopic (exact) mass is 428 g/mol. The SMILES string of the molecule is COc1ccc(Br)cc1/C=N\Nc1ccc(S(N)(=O)=O)cc1[N+](=O)[O-]. The van der Waals surface area contributed by atoms with Gasteiger partial charge in [-0.15, -0.1) is 0 Å². The third kappa shape index (κ3) is 4.75. The fraction of sp³-hybridized carbons (Fsp3) is 0.0714. The first-order valence-corrected chi connectivity index (χ1v) is 9.00. The van der Waals surface area contributed by atoms with Gasteiger partial charge < -0.3 is 4.74 Å². The number of rotatable bonds is 6. The molecule has 0 heterocycles. The van der Waals surface area contributed by atoms with Crippen LogP contribution >= 0.6 is 15.9 Å². The maximum absolute atomic E-state index is 11.3. The number of hydrazone groups is 1. The predicted molar refractivity (Wildman–Crippen MR) is 96.4 cm³/mol. The molecule has 0 bridgehead atoms. The van der Waals surface area contributed by atoms with E-state index >= 15 is 0 Å². The van der Waals surface area contributed by atoms with Gasteiger partial charge in [0.15, 0.2) is 0 Å². The van der Waals surface area contributed by atoms with Gasteiger partial charge in [0.05, 0.1) is 23.1 Å². The summed E-state index contributed by atoms with van der Waals surface area (Å²) >= 11 is 3.32. The molecule has 0 radical (unpaired) electrons. The lowest BCUT2D eigenvalue weighted by Crippen LogP contribution is -2.12. The van der Waals surface area contributed by atoms with Gasteiger partial charge in [-0.1, -0.05) is 15.9 Å². The second-order valence-electron chi connectivity index (χ2n) is 4.74. The quantitative estimate of drug-likeness (QED) is 0.411. The van der Waals surface area contributed by atoms with E-state index in [1.165, 1.54) is 19.4 Å². The van der Waals surface area contributed by atoms with E-state index in [0.29, 0.717) is 11.3 Å². The van der Waals surface area contributed by atoms with Gasteiger partial charge in [0.25, 0.3) is 5.69 Å². The van der Waals surface area contributed by atoms with Crippen LogP contribution in [0.15, 0.2) is 50.9 Å². The molecule has 3 N–H and O–H groups in total. The molecule has 0 aliphatic heterocycles. The molecule has 0 aliphatic carbocycles. The van der Waals surface area contributed by atoms with Crippen LogP contribution in [0.1, 0.15) is 5.56 Å². The van der Waals surface area contributed by atoms with Crippen LogP contribution in [-0.2, 0) is 10.0 Å². The number of primary sulfonamides is 1. The molecule has 0 spiro atoms. The molecule has 0 atom stereocenters. The molecule has 0 saturated heterocycles. The summed E-state index contributed by atoms with van der Waals surface area (Å²) in [7, 11) is -2.54. The summed E-state index contributed by atoms with van der Waals surface area (Å²) in [5.41, 5.74) is 2.69. The normalized spacial score (nSPS) is 11.5. The number of nitro benzene ring substituents is 1. The molecule has 0 fully saturated rings. The smallest absolute Gasteiger partial charge is 0.295 e. The number of benzene rings is 2. The second kappa shape index (κ2) is 7.59. The molecular formula is C14H13BrN4O5S. The van der Waals surface area contributed by atoms with Gasteiger partial charge in [-0.2, -0.15) is 5.10 Å². The van der Waals surface area contributed by atoms with Crippen molar-refractivity contribution in [1.82, 2.24) is 0 Å². The third-order valence-corrected chi connectivity index (χ3v) is 4.48. The number of nitrogens with one attached hydrogen (secondary N) is 1. The molecule has 25 heavy (non-hydrogen) atoms. The molecule has 0 aliphatic rings. The summed E-state index contributed by atoms with van der Waals surface area (Å²) in [5.74, 6) is 0.563. The van der Waals surface area contributed by atoms with E-state index in [2.05, 4.69) is 26.5 Å². The van der Waals surface area contributed by atoms with E-state index in [9.17, 15) is 18.5 Å². The van der Waals surface area contributed by atoms with Crippen molar-refractivity contribution in [2.24, 2.45) is 10.2 Å². The lowest BCUT2D eigenvalue weighted by atomic mass is 10.2. The van der Waals surface area contributed by atoms with E-state index in [1.807, 2.05) is 0 Å². The van der Waals surface area contributed by atoms with E-state index < -0.39 is 20.6 Å². The molecular weight excluding hydrogens is 416 g/mol. The van der Waals surface area contributed by atoms with Crippen LogP contribution < -0.4 is 15.3 Å². The third-order valence-electron chi connectivity index (χ3n) is 3.07. The fourth-order valence-electron chi connectivity index (χ4n) is 1.91. The first kappa shape index (κ1) is 18.8. The van der Waals surface area contributed by atoms with Crippen molar-refractivity contribution in [3.8, 4) is 5.75 Å². The predicted octanol–water partition coefficient (Wildman–Crippen LogP) is 2.46. The minimum Gasteiger partial charge on any atom is -0.496 e. The molecule has 0 saturated carbocycles. The van der Waals surface area contributed by atoms with Crippen molar-refractivity contribution in [2.75, 3.05) is 12.5 Å². The van der Waals surface area contributed by atoms with Crippen LogP contribution in [0, 0.1) is 10.1 Å². The Morgan fingerprint density at radius 2 is 2.04 bits per heavy atom. The molecule has 0 unspecified atom stereocenters. The summed E-state index contributed by atoms with van der Waals surface area (Å²) in [6.45, 7) is 0. The fourth-order valence-corrected chi connectivity index (χ4v) is 2.82. The zero-order valence-electron chi connectivity index (χ0n) is 12.8. The largest absolute Gasteiger partial charge is 0.496 e. The molecule has 132 valence electrons. The second-order valence-corrected chi connectivity index (χ2v) is 7.21. The Bertz CT molecular complexity index is 946. The van der Waals surface area contributed by atoms with Crippen LogP contribution in [0.25, 0.3) is 0 Å². The van der Waals surface area contributed by atoms with Gasteiger partial charge in [-0.25, -0.2) is 13.6 Å². The summed E-state index contributed by atoms with van der Waals surface area (Å²) < 4.78 is 28.6. The first-order chi connectivity index (χ1) is 11.7. The Morgan fingerprint density at radius 3 is 2.64 bits per heavy atom. The average Bonchev–Trinajstić information content (AvgIpc) is 2.54.